The Morgan fingerprint density at radius 3 is 2.48 bits per heavy atom. The molecule has 0 atom stereocenters. The van der Waals surface area contributed by atoms with Crippen LogP contribution in [-0.4, -0.2) is 54.0 Å². The van der Waals surface area contributed by atoms with E-state index in [9.17, 15) is 14.4 Å². The molecule has 0 spiro atoms. The Morgan fingerprint density at radius 2 is 1.88 bits per heavy atom. The molecule has 0 aliphatic heterocycles. The highest BCUT2D eigenvalue weighted by Gasteiger charge is 2.14. The van der Waals surface area contributed by atoms with Gasteiger partial charge in [-0.1, -0.05) is 24.6 Å². The van der Waals surface area contributed by atoms with Crippen LogP contribution in [0.4, 0.5) is 5.69 Å². The first kappa shape index (κ1) is 23.2. The number of nitrogens with one attached hydrogen (secondary N) is 2. The van der Waals surface area contributed by atoms with Crippen LogP contribution in [0.5, 0.6) is 0 Å². The highest BCUT2D eigenvalue weighted by atomic mass is 35.5. The summed E-state index contributed by atoms with van der Waals surface area (Å²) in [6, 6.07) is 5.16. The Labute approximate surface area is 158 Å². The zero-order valence-electron chi connectivity index (χ0n) is 14.2. The van der Waals surface area contributed by atoms with Gasteiger partial charge in [-0.2, -0.15) is 0 Å². The fourth-order valence-corrected chi connectivity index (χ4v) is 2.27. The third kappa shape index (κ3) is 8.72. The van der Waals surface area contributed by atoms with Crippen molar-refractivity contribution in [3.63, 3.8) is 0 Å². The minimum Gasteiger partial charge on any atom is -0.480 e. The van der Waals surface area contributed by atoms with Crippen LogP contribution in [0.15, 0.2) is 18.2 Å². The average Bonchev–Trinajstić information content (AvgIpc) is 2.49. The van der Waals surface area contributed by atoms with Gasteiger partial charge in [0.25, 0.3) is 0 Å². The van der Waals surface area contributed by atoms with Crippen molar-refractivity contribution in [2.45, 2.75) is 20.3 Å². The molecular formula is C16H23Cl2N3O4. The smallest absolute Gasteiger partial charge is 0.317 e. The molecule has 3 N–H and O–H groups in total. The number of anilines is 1. The van der Waals surface area contributed by atoms with E-state index in [-0.39, 0.29) is 37.9 Å². The van der Waals surface area contributed by atoms with E-state index in [0.29, 0.717) is 17.3 Å². The number of rotatable bonds is 9. The van der Waals surface area contributed by atoms with Crippen LogP contribution in [0.3, 0.4) is 0 Å². The maximum atomic E-state index is 11.9. The number of amides is 2. The number of halogens is 2. The third-order valence-electron chi connectivity index (χ3n) is 3.25. The molecule has 0 aromatic heterocycles. The number of aliphatic carboxylic acids is 1. The molecule has 9 heteroatoms. The fourth-order valence-electron chi connectivity index (χ4n) is 2.10. The first-order valence-corrected chi connectivity index (χ1v) is 7.97. The molecule has 2 amide bonds. The van der Waals surface area contributed by atoms with Gasteiger partial charge in [0.1, 0.15) is 0 Å². The molecule has 0 heterocycles. The van der Waals surface area contributed by atoms with E-state index in [4.69, 9.17) is 16.7 Å². The molecule has 1 aromatic rings. The van der Waals surface area contributed by atoms with Crippen LogP contribution in [-0.2, 0) is 14.4 Å². The Morgan fingerprint density at radius 1 is 1.20 bits per heavy atom. The van der Waals surface area contributed by atoms with Gasteiger partial charge in [0.2, 0.25) is 11.8 Å². The standard InChI is InChI=1S/C16H22ClN3O4.ClH/c1-3-7-20(10-16(23)24)9-15(22)18-8-14(21)19-13-6-4-5-12(17)11(13)2;/h4-6H,3,7-10H2,1-2H3,(H,18,22)(H,19,21)(H,23,24);1H. The molecule has 140 valence electrons. The monoisotopic (exact) mass is 391 g/mol. The van der Waals surface area contributed by atoms with Crippen molar-refractivity contribution < 1.29 is 19.5 Å². The molecule has 0 fully saturated rings. The maximum Gasteiger partial charge on any atom is 0.317 e. The van der Waals surface area contributed by atoms with Crippen molar-refractivity contribution >= 4 is 47.5 Å². The minimum absolute atomic E-state index is 0. The van der Waals surface area contributed by atoms with Gasteiger partial charge in [-0.3, -0.25) is 19.3 Å². The second kappa shape index (κ2) is 11.7. The first-order valence-electron chi connectivity index (χ1n) is 7.59. The number of carbonyl (C=O) groups excluding carboxylic acids is 2. The molecule has 7 nitrogen and oxygen atoms in total. The fraction of sp³-hybridized carbons (Fsp3) is 0.438. The van der Waals surface area contributed by atoms with Crippen molar-refractivity contribution in [3.05, 3.63) is 28.8 Å². The van der Waals surface area contributed by atoms with Gasteiger partial charge < -0.3 is 15.7 Å². The molecule has 25 heavy (non-hydrogen) atoms. The van der Waals surface area contributed by atoms with Gasteiger partial charge in [-0.15, -0.1) is 12.4 Å². The van der Waals surface area contributed by atoms with Crippen molar-refractivity contribution in [1.82, 2.24) is 10.2 Å². The lowest BCUT2D eigenvalue weighted by Crippen LogP contribution is -2.42. The van der Waals surface area contributed by atoms with Gasteiger partial charge in [0.05, 0.1) is 19.6 Å². The van der Waals surface area contributed by atoms with Crippen LogP contribution in [0.1, 0.15) is 18.9 Å². The number of benzene rings is 1. The predicted octanol–water partition coefficient (Wildman–Crippen LogP) is 1.92. The molecule has 1 aromatic carbocycles. The van der Waals surface area contributed by atoms with Crippen molar-refractivity contribution in [2.75, 3.05) is 31.5 Å². The lowest BCUT2D eigenvalue weighted by Gasteiger charge is -2.18. The SMILES string of the molecule is CCCN(CC(=O)O)CC(=O)NCC(=O)Nc1cccc(Cl)c1C.Cl. The van der Waals surface area contributed by atoms with E-state index in [1.54, 1.807) is 25.1 Å². The van der Waals surface area contributed by atoms with E-state index in [1.807, 2.05) is 6.92 Å². The molecular weight excluding hydrogens is 369 g/mol. The van der Waals surface area contributed by atoms with Gasteiger partial charge in [0.15, 0.2) is 0 Å². The summed E-state index contributed by atoms with van der Waals surface area (Å²) in [5, 5.41) is 14.5. The van der Waals surface area contributed by atoms with Gasteiger partial charge in [-0.25, -0.2) is 0 Å². The van der Waals surface area contributed by atoms with Crippen LogP contribution < -0.4 is 10.6 Å². The van der Waals surface area contributed by atoms with Crippen LogP contribution in [0, 0.1) is 6.92 Å². The Balaban J connectivity index is 0.00000576. The van der Waals surface area contributed by atoms with Crippen molar-refractivity contribution in [3.8, 4) is 0 Å². The Hall–Kier alpha value is -1.83. The number of hydrogen-bond donors (Lipinski definition) is 3. The summed E-state index contributed by atoms with van der Waals surface area (Å²) in [4.78, 5) is 36.0. The number of carboxylic acids is 1. The van der Waals surface area contributed by atoms with Gasteiger partial charge in [0, 0.05) is 10.7 Å². The molecule has 0 radical (unpaired) electrons. The maximum absolute atomic E-state index is 11.9. The molecule has 0 saturated carbocycles. The molecule has 0 aliphatic rings. The Kier molecular flexibility index (Phi) is 10.8. The van der Waals surface area contributed by atoms with E-state index >= 15 is 0 Å². The summed E-state index contributed by atoms with van der Waals surface area (Å²) in [6.45, 7) is 3.70. The summed E-state index contributed by atoms with van der Waals surface area (Å²) in [5.74, 6) is -1.78. The highest BCUT2D eigenvalue weighted by Crippen LogP contribution is 2.22. The quantitative estimate of drug-likeness (QED) is 0.597. The number of carbonyl (C=O) groups is 3. The normalized spacial score (nSPS) is 10.1. The molecule has 0 bridgehead atoms. The Bertz CT molecular complexity index is 611. The van der Waals surface area contributed by atoms with Crippen LogP contribution in [0.2, 0.25) is 5.02 Å². The molecule has 0 saturated heterocycles. The number of hydrogen-bond acceptors (Lipinski definition) is 4. The first-order chi connectivity index (χ1) is 11.3. The zero-order chi connectivity index (χ0) is 18.1. The summed E-state index contributed by atoms with van der Waals surface area (Å²) in [7, 11) is 0. The molecule has 0 aliphatic carbocycles. The van der Waals surface area contributed by atoms with Crippen molar-refractivity contribution in [1.29, 1.82) is 0 Å². The highest BCUT2D eigenvalue weighted by molar-refractivity contribution is 6.31. The lowest BCUT2D eigenvalue weighted by molar-refractivity contribution is -0.138. The van der Waals surface area contributed by atoms with E-state index in [1.165, 1.54) is 4.90 Å². The van der Waals surface area contributed by atoms with E-state index < -0.39 is 11.9 Å². The third-order valence-corrected chi connectivity index (χ3v) is 3.66. The molecule has 1 rings (SSSR count). The van der Waals surface area contributed by atoms with Crippen LogP contribution in [0.25, 0.3) is 0 Å². The predicted molar refractivity (Wildman–Crippen MR) is 99.4 cm³/mol. The average molecular weight is 392 g/mol. The van der Waals surface area contributed by atoms with Gasteiger partial charge >= 0.3 is 5.97 Å². The minimum atomic E-state index is -0.995. The van der Waals surface area contributed by atoms with E-state index in [0.717, 1.165) is 12.0 Å². The van der Waals surface area contributed by atoms with E-state index in [2.05, 4.69) is 10.6 Å². The zero-order valence-corrected chi connectivity index (χ0v) is 15.7. The lowest BCUT2D eigenvalue weighted by atomic mass is 10.2. The summed E-state index contributed by atoms with van der Waals surface area (Å²) < 4.78 is 0. The number of carboxylic acid groups (broad SMARTS) is 1. The van der Waals surface area contributed by atoms with Gasteiger partial charge in [-0.05, 0) is 37.6 Å². The largest absolute Gasteiger partial charge is 0.480 e. The summed E-state index contributed by atoms with van der Waals surface area (Å²) >= 11 is 5.98. The second-order valence-electron chi connectivity index (χ2n) is 5.34. The van der Waals surface area contributed by atoms with Crippen molar-refractivity contribution in [2.24, 2.45) is 0 Å². The van der Waals surface area contributed by atoms with Crippen LogP contribution >= 0.6 is 24.0 Å². The summed E-state index contributed by atoms with van der Waals surface area (Å²) in [5.41, 5.74) is 1.33. The second-order valence-corrected chi connectivity index (χ2v) is 5.75. The number of nitrogens with zero attached hydrogens (tertiary/aromatic N) is 1. The topological polar surface area (TPSA) is 98.7 Å². The summed E-state index contributed by atoms with van der Waals surface area (Å²) in [6.07, 6.45) is 0.731. The molecule has 0 unspecified atom stereocenters.